The number of rotatable bonds is 6. The Morgan fingerprint density at radius 3 is 2.79 bits per heavy atom. The van der Waals surface area contributed by atoms with Crippen LogP contribution in [0.3, 0.4) is 0 Å². The maximum atomic E-state index is 4.84. The second-order valence-electron chi connectivity index (χ2n) is 6.82. The average Bonchev–Trinajstić information content (AvgIpc) is 2.89. The van der Waals surface area contributed by atoms with Crippen molar-refractivity contribution in [3.8, 4) is 0 Å². The van der Waals surface area contributed by atoms with E-state index in [9.17, 15) is 0 Å². The highest BCUT2D eigenvalue weighted by Crippen LogP contribution is 2.23. The van der Waals surface area contributed by atoms with Crippen LogP contribution in [0.4, 0.5) is 0 Å². The number of nitrogens with one attached hydrogen (secondary N) is 1. The van der Waals surface area contributed by atoms with Gasteiger partial charge in [-0.25, -0.2) is 15.0 Å². The van der Waals surface area contributed by atoms with Gasteiger partial charge in [0.15, 0.2) is 0 Å². The predicted octanol–water partition coefficient (Wildman–Crippen LogP) is 3.20. The maximum Gasteiger partial charge on any atom is 0.115 e. The van der Waals surface area contributed by atoms with Gasteiger partial charge in [-0.2, -0.15) is 0 Å². The number of hydrogen-bond acceptors (Lipinski definition) is 6. The van der Waals surface area contributed by atoms with Gasteiger partial charge in [0.2, 0.25) is 0 Å². The highest BCUT2D eigenvalue weighted by Gasteiger charge is 2.22. The molecule has 1 unspecified atom stereocenters. The summed E-state index contributed by atoms with van der Waals surface area (Å²) >= 11 is 1.78. The highest BCUT2D eigenvalue weighted by molar-refractivity contribution is 7.09. The van der Waals surface area contributed by atoms with E-state index < -0.39 is 0 Å². The van der Waals surface area contributed by atoms with Crippen molar-refractivity contribution < 1.29 is 0 Å². The first kappa shape index (κ1) is 17.5. The van der Waals surface area contributed by atoms with Crippen molar-refractivity contribution in [2.24, 2.45) is 0 Å². The van der Waals surface area contributed by atoms with Crippen LogP contribution in [0.25, 0.3) is 0 Å². The number of hydrogen-bond donors (Lipinski definition) is 1. The minimum atomic E-state index is 0.502. The molecule has 0 spiro atoms. The molecule has 0 amide bonds. The molecule has 130 valence electrons. The fraction of sp³-hybridized carbons (Fsp3) is 0.611. The Balaban J connectivity index is 1.74. The normalized spacial score (nSPS) is 18.9. The minimum Gasteiger partial charge on any atom is -0.317 e. The second-order valence-corrected chi connectivity index (χ2v) is 7.71. The van der Waals surface area contributed by atoms with Gasteiger partial charge < -0.3 is 5.32 Å². The molecule has 1 atom stereocenters. The lowest BCUT2D eigenvalue weighted by Gasteiger charge is -2.30. The monoisotopic (exact) mass is 345 g/mol. The van der Waals surface area contributed by atoms with Gasteiger partial charge in [-0.15, -0.1) is 11.3 Å². The van der Waals surface area contributed by atoms with E-state index in [1.54, 1.807) is 17.7 Å². The third kappa shape index (κ3) is 4.82. The molecule has 2 aromatic rings. The van der Waals surface area contributed by atoms with Crippen molar-refractivity contribution in [1.82, 2.24) is 25.2 Å². The molecule has 0 aromatic carbocycles. The van der Waals surface area contributed by atoms with Gasteiger partial charge in [-0.3, -0.25) is 4.90 Å². The van der Waals surface area contributed by atoms with Crippen LogP contribution in [0, 0.1) is 0 Å². The molecule has 1 aliphatic rings. The summed E-state index contributed by atoms with van der Waals surface area (Å²) in [5, 5.41) is 6.97. The van der Waals surface area contributed by atoms with Crippen LogP contribution in [-0.4, -0.2) is 39.0 Å². The lowest BCUT2D eigenvalue weighted by molar-refractivity contribution is 0.162. The van der Waals surface area contributed by atoms with E-state index in [4.69, 9.17) is 4.98 Å². The third-order valence-electron chi connectivity index (χ3n) is 4.49. The first-order valence-corrected chi connectivity index (χ1v) is 9.73. The molecule has 5 nitrogen and oxygen atoms in total. The van der Waals surface area contributed by atoms with Crippen LogP contribution >= 0.6 is 11.3 Å². The molecule has 0 aliphatic carbocycles. The molecule has 2 aromatic heterocycles. The Morgan fingerprint density at radius 1 is 1.21 bits per heavy atom. The molecule has 3 rings (SSSR count). The zero-order valence-corrected chi connectivity index (χ0v) is 15.4. The summed E-state index contributed by atoms with van der Waals surface area (Å²) in [6.07, 6.45) is 9.11. The largest absolute Gasteiger partial charge is 0.317 e. The summed E-state index contributed by atoms with van der Waals surface area (Å²) in [7, 11) is 0. The summed E-state index contributed by atoms with van der Waals surface area (Å²) in [4.78, 5) is 15.7. The number of thiazole rings is 1. The van der Waals surface area contributed by atoms with Gasteiger partial charge in [0.05, 0.1) is 10.7 Å². The zero-order valence-electron chi connectivity index (χ0n) is 14.6. The lowest BCUT2D eigenvalue weighted by atomic mass is 10.1. The summed E-state index contributed by atoms with van der Waals surface area (Å²) in [5.74, 6) is 0.502. The van der Waals surface area contributed by atoms with Crippen molar-refractivity contribution in [3.05, 3.63) is 40.4 Å². The van der Waals surface area contributed by atoms with Crippen LogP contribution in [-0.2, 0) is 13.1 Å². The van der Waals surface area contributed by atoms with Crippen LogP contribution in [0.15, 0.2) is 24.1 Å². The number of aromatic nitrogens is 3. The molecule has 1 saturated heterocycles. The van der Waals surface area contributed by atoms with Gasteiger partial charge >= 0.3 is 0 Å². The Labute approximate surface area is 148 Å². The van der Waals surface area contributed by atoms with Gasteiger partial charge in [0, 0.05) is 48.4 Å². The molecule has 1 aliphatic heterocycles. The van der Waals surface area contributed by atoms with Gasteiger partial charge in [-0.1, -0.05) is 13.8 Å². The Morgan fingerprint density at radius 2 is 2.04 bits per heavy atom. The van der Waals surface area contributed by atoms with Crippen LogP contribution in [0.5, 0.6) is 0 Å². The predicted molar refractivity (Wildman–Crippen MR) is 98.0 cm³/mol. The lowest BCUT2D eigenvalue weighted by Crippen LogP contribution is -2.35. The molecule has 0 radical (unpaired) electrons. The van der Waals surface area contributed by atoms with E-state index in [0.29, 0.717) is 12.0 Å². The van der Waals surface area contributed by atoms with Crippen molar-refractivity contribution in [2.75, 3.05) is 13.1 Å². The molecule has 0 saturated carbocycles. The quantitative estimate of drug-likeness (QED) is 0.871. The summed E-state index contributed by atoms with van der Waals surface area (Å²) in [6, 6.07) is 0.587. The molecule has 0 bridgehead atoms. The highest BCUT2D eigenvalue weighted by atomic mass is 32.1. The Kier molecular flexibility index (Phi) is 6.29. The Hall–Kier alpha value is -1.37. The summed E-state index contributed by atoms with van der Waals surface area (Å²) in [6.45, 7) is 8.44. The first-order valence-electron chi connectivity index (χ1n) is 8.85. The van der Waals surface area contributed by atoms with E-state index in [2.05, 4.69) is 39.4 Å². The van der Waals surface area contributed by atoms with Crippen molar-refractivity contribution in [2.45, 2.75) is 58.2 Å². The van der Waals surface area contributed by atoms with E-state index in [1.165, 1.54) is 35.5 Å². The van der Waals surface area contributed by atoms with Crippen LogP contribution < -0.4 is 5.32 Å². The first-order chi connectivity index (χ1) is 11.7. The molecule has 1 N–H and O–H groups in total. The third-order valence-corrected chi connectivity index (χ3v) is 5.68. The van der Waals surface area contributed by atoms with Crippen molar-refractivity contribution in [3.63, 3.8) is 0 Å². The van der Waals surface area contributed by atoms with Crippen LogP contribution in [0.1, 0.15) is 55.3 Å². The topological polar surface area (TPSA) is 53.9 Å². The van der Waals surface area contributed by atoms with Gasteiger partial charge in [0.25, 0.3) is 0 Å². The van der Waals surface area contributed by atoms with E-state index in [-0.39, 0.29) is 0 Å². The number of nitrogens with zero attached hydrogens (tertiary/aromatic N) is 4. The average molecular weight is 346 g/mol. The standard InChI is InChI=1S/C18H27N5S/c1-14(2)18-22-16(12-24-18)11-23(10-15-8-20-13-21-9-15)17-4-3-6-19-7-5-17/h8-9,12-14,17,19H,3-7,10-11H2,1-2H3. The molecule has 3 heterocycles. The smallest absolute Gasteiger partial charge is 0.115 e. The molecule has 24 heavy (non-hydrogen) atoms. The van der Waals surface area contributed by atoms with Crippen molar-refractivity contribution in [1.29, 1.82) is 0 Å². The molecular formula is C18H27N5S. The summed E-state index contributed by atoms with van der Waals surface area (Å²) < 4.78 is 0. The van der Waals surface area contributed by atoms with E-state index >= 15 is 0 Å². The second kappa shape index (κ2) is 8.65. The fourth-order valence-corrected chi connectivity index (χ4v) is 4.02. The molecule has 1 fully saturated rings. The van der Waals surface area contributed by atoms with Gasteiger partial charge in [-0.05, 0) is 32.4 Å². The van der Waals surface area contributed by atoms with Crippen molar-refractivity contribution >= 4 is 11.3 Å². The fourth-order valence-electron chi connectivity index (χ4n) is 3.19. The summed E-state index contributed by atoms with van der Waals surface area (Å²) in [5.41, 5.74) is 2.37. The van der Waals surface area contributed by atoms with E-state index in [1.807, 2.05) is 12.4 Å². The van der Waals surface area contributed by atoms with Gasteiger partial charge in [0.1, 0.15) is 6.33 Å². The maximum absolute atomic E-state index is 4.84. The van der Waals surface area contributed by atoms with Crippen LogP contribution in [0.2, 0.25) is 0 Å². The Bertz CT molecular complexity index is 605. The minimum absolute atomic E-state index is 0.502. The van der Waals surface area contributed by atoms with E-state index in [0.717, 1.165) is 26.2 Å². The SMILES string of the molecule is CC(C)c1nc(CN(Cc2cncnc2)C2CCCNCC2)cs1. The molecule has 6 heteroatoms. The zero-order chi connectivity index (χ0) is 16.8. The molecular weight excluding hydrogens is 318 g/mol.